The Balaban J connectivity index is 2.44. The molecule has 0 saturated carbocycles. The smallest absolute Gasteiger partial charge is 0.214 e. The average molecular weight is 316 g/mol. The zero-order valence-electron chi connectivity index (χ0n) is 14.3. The second kappa shape index (κ2) is 7.23. The van der Waals surface area contributed by atoms with Crippen LogP contribution in [0.25, 0.3) is 6.08 Å². The monoisotopic (exact) mass is 316 g/mol. The van der Waals surface area contributed by atoms with Gasteiger partial charge in [-0.05, 0) is 36.3 Å². The predicted octanol–water partition coefficient (Wildman–Crippen LogP) is 3.48. The molecule has 0 fully saturated rings. The van der Waals surface area contributed by atoms with Crippen LogP contribution >= 0.6 is 0 Å². The van der Waals surface area contributed by atoms with Crippen molar-refractivity contribution in [3.63, 3.8) is 0 Å². The van der Waals surface area contributed by atoms with Gasteiger partial charge >= 0.3 is 0 Å². The Morgan fingerprint density at radius 1 is 0.826 bits per heavy atom. The van der Waals surface area contributed by atoms with Gasteiger partial charge in [-0.1, -0.05) is 36.4 Å². The zero-order valence-corrected chi connectivity index (χ0v) is 14.3. The first-order chi connectivity index (χ1) is 11.0. The van der Waals surface area contributed by atoms with E-state index in [1.807, 2.05) is 30.4 Å². The van der Waals surface area contributed by atoms with Crippen LogP contribution in [0.1, 0.15) is 11.1 Å². The van der Waals surface area contributed by atoms with Crippen molar-refractivity contribution in [3.05, 3.63) is 65.3 Å². The molecule has 1 aromatic carbocycles. The second-order valence-electron chi connectivity index (χ2n) is 5.33. The maximum atomic E-state index is 5.60. The van der Waals surface area contributed by atoms with Crippen LogP contribution in [0.15, 0.2) is 54.1 Å². The van der Waals surface area contributed by atoms with Crippen LogP contribution in [0.5, 0.6) is 0 Å². The van der Waals surface area contributed by atoms with Gasteiger partial charge in [0, 0.05) is 34.0 Å². The van der Waals surface area contributed by atoms with Crippen molar-refractivity contribution in [1.29, 1.82) is 0 Å². The molecular formula is C19H24O4. The average Bonchev–Trinajstić information content (AvgIpc) is 2.61. The van der Waals surface area contributed by atoms with E-state index in [4.69, 9.17) is 18.9 Å². The second-order valence-corrected chi connectivity index (χ2v) is 5.33. The summed E-state index contributed by atoms with van der Waals surface area (Å²) in [7, 11) is 6.41. The molecule has 0 aliphatic heterocycles. The van der Waals surface area contributed by atoms with Gasteiger partial charge in [0.15, 0.2) is 0 Å². The highest BCUT2D eigenvalue weighted by Gasteiger charge is 2.39. The van der Waals surface area contributed by atoms with Gasteiger partial charge in [0.25, 0.3) is 0 Å². The number of rotatable bonds is 6. The lowest BCUT2D eigenvalue weighted by atomic mass is 9.94. The third kappa shape index (κ3) is 3.46. The first-order valence-corrected chi connectivity index (χ1v) is 7.43. The molecule has 124 valence electrons. The van der Waals surface area contributed by atoms with E-state index >= 15 is 0 Å². The fourth-order valence-electron chi connectivity index (χ4n) is 2.60. The number of aryl methyl sites for hydroxylation is 1. The van der Waals surface area contributed by atoms with E-state index < -0.39 is 11.6 Å². The van der Waals surface area contributed by atoms with Gasteiger partial charge in [-0.25, -0.2) is 0 Å². The third-order valence-electron chi connectivity index (χ3n) is 4.17. The maximum Gasteiger partial charge on any atom is 0.214 e. The molecule has 0 bridgehead atoms. The lowest BCUT2D eigenvalue weighted by molar-refractivity contribution is -0.164. The van der Waals surface area contributed by atoms with Gasteiger partial charge < -0.3 is 18.9 Å². The molecule has 0 radical (unpaired) electrons. The highest BCUT2D eigenvalue weighted by Crippen LogP contribution is 2.35. The molecule has 1 aliphatic rings. The van der Waals surface area contributed by atoms with E-state index in [9.17, 15) is 0 Å². The molecule has 0 amide bonds. The van der Waals surface area contributed by atoms with Gasteiger partial charge in [-0.2, -0.15) is 0 Å². The molecular weight excluding hydrogens is 292 g/mol. The van der Waals surface area contributed by atoms with Crippen LogP contribution in [0.3, 0.4) is 0 Å². The van der Waals surface area contributed by atoms with Crippen LogP contribution in [0.2, 0.25) is 0 Å². The lowest BCUT2D eigenvalue weighted by Gasteiger charge is -2.37. The van der Waals surface area contributed by atoms with Crippen LogP contribution in [-0.2, 0) is 18.9 Å². The fourth-order valence-corrected chi connectivity index (χ4v) is 2.60. The van der Waals surface area contributed by atoms with Crippen molar-refractivity contribution in [3.8, 4) is 0 Å². The number of hydrogen-bond acceptors (Lipinski definition) is 4. The highest BCUT2D eigenvalue weighted by molar-refractivity contribution is 5.58. The van der Waals surface area contributed by atoms with Gasteiger partial charge in [0.05, 0.1) is 0 Å². The van der Waals surface area contributed by atoms with Gasteiger partial charge in [0.1, 0.15) is 0 Å². The summed E-state index contributed by atoms with van der Waals surface area (Å²) in [5.74, 6) is -1.88. The Kier molecular flexibility index (Phi) is 5.55. The Bertz CT molecular complexity index is 620. The zero-order chi connectivity index (χ0) is 16.9. The minimum absolute atomic E-state index is 0.803. The van der Waals surface area contributed by atoms with Crippen molar-refractivity contribution >= 4 is 6.08 Å². The topological polar surface area (TPSA) is 36.9 Å². The quantitative estimate of drug-likeness (QED) is 0.595. The molecule has 1 aromatic rings. The van der Waals surface area contributed by atoms with Crippen molar-refractivity contribution in [2.75, 3.05) is 28.4 Å². The van der Waals surface area contributed by atoms with Crippen LogP contribution in [-0.4, -0.2) is 40.0 Å². The molecule has 0 spiro atoms. The first-order valence-electron chi connectivity index (χ1n) is 7.43. The molecule has 0 aromatic heterocycles. The van der Waals surface area contributed by atoms with E-state index in [1.54, 1.807) is 40.6 Å². The van der Waals surface area contributed by atoms with Crippen molar-refractivity contribution < 1.29 is 18.9 Å². The largest absolute Gasteiger partial charge is 0.346 e. The Hall–Kier alpha value is -1.72. The minimum atomic E-state index is -0.959. The molecule has 0 saturated heterocycles. The fraction of sp³-hybridized carbons (Fsp3) is 0.368. The number of methoxy groups -OCH3 is 4. The third-order valence-corrected chi connectivity index (χ3v) is 4.17. The summed E-state index contributed by atoms with van der Waals surface area (Å²) in [5.41, 5.74) is 3.13. The summed E-state index contributed by atoms with van der Waals surface area (Å²) in [5, 5.41) is 0. The Morgan fingerprint density at radius 2 is 1.48 bits per heavy atom. The summed E-state index contributed by atoms with van der Waals surface area (Å²) < 4.78 is 22.2. The molecule has 0 heterocycles. The normalized spacial score (nSPS) is 19.1. The molecule has 0 N–H and O–H groups in total. The standard InChI is InChI=1S/C19H24O4/c1-15-8-6-7-9-16(15)10-11-17-14-18(20-2,21-3)12-13-19(17,22-4)23-5/h6-14H,1-5H3/b11-10+. The molecule has 4 heteroatoms. The molecule has 1 aliphatic carbocycles. The summed E-state index contributed by atoms with van der Waals surface area (Å²) in [6, 6.07) is 8.16. The molecule has 4 nitrogen and oxygen atoms in total. The highest BCUT2D eigenvalue weighted by atomic mass is 16.7. The van der Waals surface area contributed by atoms with Crippen LogP contribution < -0.4 is 0 Å². The minimum Gasteiger partial charge on any atom is -0.346 e. The number of hydrogen-bond donors (Lipinski definition) is 0. The van der Waals surface area contributed by atoms with E-state index in [0.717, 1.165) is 11.1 Å². The first kappa shape index (κ1) is 17.6. The van der Waals surface area contributed by atoms with Gasteiger partial charge in [-0.15, -0.1) is 0 Å². The van der Waals surface area contributed by atoms with Gasteiger partial charge in [-0.3, -0.25) is 0 Å². The van der Waals surface area contributed by atoms with E-state index in [0.29, 0.717) is 0 Å². The van der Waals surface area contributed by atoms with Crippen LogP contribution in [0.4, 0.5) is 0 Å². The Morgan fingerprint density at radius 3 is 2.04 bits per heavy atom. The molecule has 0 unspecified atom stereocenters. The molecule has 2 rings (SSSR count). The summed E-state index contributed by atoms with van der Waals surface area (Å²) in [4.78, 5) is 0. The summed E-state index contributed by atoms with van der Waals surface area (Å²) in [6.45, 7) is 2.07. The molecule has 0 atom stereocenters. The summed E-state index contributed by atoms with van der Waals surface area (Å²) >= 11 is 0. The van der Waals surface area contributed by atoms with Crippen molar-refractivity contribution in [2.24, 2.45) is 0 Å². The van der Waals surface area contributed by atoms with Gasteiger partial charge in [0.2, 0.25) is 11.6 Å². The van der Waals surface area contributed by atoms with E-state index in [2.05, 4.69) is 19.1 Å². The van der Waals surface area contributed by atoms with Crippen LogP contribution in [0, 0.1) is 6.92 Å². The predicted molar refractivity (Wildman–Crippen MR) is 90.9 cm³/mol. The summed E-state index contributed by atoms with van der Waals surface area (Å²) in [6.07, 6.45) is 9.44. The molecule has 23 heavy (non-hydrogen) atoms. The van der Waals surface area contributed by atoms with E-state index in [1.165, 1.54) is 5.56 Å². The lowest BCUT2D eigenvalue weighted by Crippen LogP contribution is -2.41. The SMILES string of the molecule is COC1(OC)C=CC(OC)(OC)C(/C=C/c2ccccc2C)=C1. The number of ether oxygens (including phenoxy) is 4. The van der Waals surface area contributed by atoms with Crippen molar-refractivity contribution in [1.82, 2.24) is 0 Å². The Labute approximate surface area is 138 Å². The maximum absolute atomic E-state index is 5.60. The number of benzene rings is 1. The van der Waals surface area contributed by atoms with E-state index in [-0.39, 0.29) is 0 Å². The van der Waals surface area contributed by atoms with Crippen molar-refractivity contribution in [2.45, 2.75) is 18.5 Å².